The van der Waals surface area contributed by atoms with Crippen LogP contribution in [-0.2, 0) is 0 Å². The van der Waals surface area contributed by atoms with E-state index in [9.17, 15) is 0 Å². The molecule has 2 aromatic rings. The van der Waals surface area contributed by atoms with Gasteiger partial charge in [-0.3, -0.25) is 0 Å². The van der Waals surface area contributed by atoms with Crippen molar-refractivity contribution >= 4 is 32.4 Å². The van der Waals surface area contributed by atoms with E-state index in [0.717, 1.165) is 0 Å². The molecule has 0 unspecified atom stereocenters. The Labute approximate surface area is 131 Å². The molecule has 0 bridgehead atoms. The predicted octanol–water partition coefficient (Wildman–Crippen LogP) is 6.94. The first-order valence-corrected chi connectivity index (χ1v) is 10.0. The molecule has 2 rings (SSSR count). The Morgan fingerprint density at radius 2 is 1.55 bits per heavy atom. The highest BCUT2D eigenvalue weighted by atomic mass is 33.1. The van der Waals surface area contributed by atoms with Gasteiger partial charge in [-0.1, -0.05) is 97.0 Å². The zero-order valence-electron chi connectivity index (χ0n) is 12.3. The minimum atomic E-state index is 1.26. The molecule has 0 fully saturated rings. The molecule has 0 amide bonds. The summed E-state index contributed by atoms with van der Waals surface area (Å²) < 4.78 is 0. The minimum absolute atomic E-state index is 1.26. The lowest BCUT2D eigenvalue weighted by Crippen LogP contribution is -1.81. The molecule has 0 spiro atoms. The summed E-state index contributed by atoms with van der Waals surface area (Å²) in [5.74, 6) is 1.26. The van der Waals surface area contributed by atoms with Crippen molar-refractivity contribution in [2.24, 2.45) is 0 Å². The van der Waals surface area contributed by atoms with Crippen molar-refractivity contribution in [1.82, 2.24) is 0 Å². The highest BCUT2D eigenvalue weighted by Gasteiger charge is 2.01. The smallest absolute Gasteiger partial charge is 0.0261 e. The number of fused-ring (bicyclic) bond motifs is 1. The minimum Gasteiger partial charge on any atom is -0.0889 e. The molecule has 0 heterocycles. The van der Waals surface area contributed by atoms with Crippen LogP contribution in [0.15, 0.2) is 47.4 Å². The van der Waals surface area contributed by atoms with Gasteiger partial charge in [-0.15, -0.1) is 0 Å². The van der Waals surface area contributed by atoms with E-state index in [-0.39, 0.29) is 0 Å². The highest BCUT2D eigenvalue weighted by molar-refractivity contribution is 8.76. The largest absolute Gasteiger partial charge is 0.0889 e. The monoisotopic (exact) mass is 304 g/mol. The Kier molecular flexibility index (Phi) is 7.38. The molecule has 0 aliphatic rings. The van der Waals surface area contributed by atoms with E-state index in [0.29, 0.717) is 0 Å². The molecule has 2 aromatic carbocycles. The first kappa shape index (κ1) is 15.8. The van der Waals surface area contributed by atoms with Gasteiger partial charge in [0.25, 0.3) is 0 Å². The van der Waals surface area contributed by atoms with Crippen LogP contribution in [-0.4, -0.2) is 5.75 Å². The van der Waals surface area contributed by atoms with Gasteiger partial charge in [0, 0.05) is 10.6 Å². The third kappa shape index (κ3) is 5.06. The topological polar surface area (TPSA) is 0 Å². The van der Waals surface area contributed by atoms with Gasteiger partial charge in [0.2, 0.25) is 0 Å². The van der Waals surface area contributed by atoms with Crippen LogP contribution in [0.5, 0.6) is 0 Å². The maximum absolute atomic E-state index is 2.27. The van der Waals surface area contributed by atoms with E-state index < -0.39 is 0 Å². The Morgan fingerprint density at radius 1 is 0.800 bits per heavy atom. The maximum Gasteiger partial charge on any atom is 0.0261 e. The normalized spacial score (nSPS) is 11.1. The first-order valence-electron chi connectivity index (χ1n) is 7.69. The number of hydrogen-bond donors (Lipinski definition) is 0. The second kappa shape index (κ2) is 9.36. The molecule has 0 saturated carbocycles. The lowest BCUT2D eigenvalue weighted by atomic mass is 10.1. The molecule has 0 aromatic heterocycles. The molecular weight excluding hydrogens is 280 g/mol. The number of rotatable bonds is 9. The number of unbranched alkanes of at least 4 members (excludes halogenated alkanes) is 5. The Balaban J connectivity index is 1.71. The zero-order valence-corrected chi connectivity index (χ0v) is 13.9. The van der Waals surface area contributed by atoms with Gasteiger partial charge in [0.1, 0.15) is 0 Å². The van der Waals surface area contributed by atoms with Gasteiger partial charge in [0.15, 0.2) is 0 Å². The van der Waals surface area contributed by atoms with Crippen LogP contribution in [0.2, 0.25) is 0 Å². The lowest BCUT2D eigenvalue weighted by molar-refractivity contribution is 0.627. The Bertz CT molecular complexity index is 502. The van der Waals surface area contributed by atoms with Crippen LogP contribution in [0.25, 0.3) is 10.8 Å². The predicted molar refractivity (Wildman–Crippen MR) is 95.6 cm³/mol. The van der Waals surface area contributed by atoms with E-state index in [1.54, 1.807) is 0 Å². The van der Waals surface area contributed by atoms with Crippen molar-refractivity contribution in [2.45, 2.75) is 50.3 Å². The Morgan fingerprint density at radius 3 is 2.45 bits per heavy atom. The molecule has 0 saturated heterocycles. The summed E-state index contributed by atoms with van der Waals surface area (Å²) in [6, 6.07) is 15.3. The Hall–Kier alpha value is -0.600. The van der Waals surface area contributed by atoms with Crippen LogP contribution in [0.3, 0.4) is 0 Å². The molecule has 0 N–H and O–H groups in total. The molecule has 0 nitrogen and oxygen atoms in total. The summed E-state index contributed by atoms with van der Waals surface area (Å²) in [7, 11) is 3.94. The number of benzene rings is 2. The lowest BCUT2D eigenvalue weighted by Gasteiger charge is -2.05. The van der Waals surface area contributed by atoms with Crippen molar-refractivity contribution in [2.75, 3.05) is 5.75 Å². The summed E-state index contributed by atoms with van der Waals surface area (Å²) in [5.41, 5.74) is 0. The van der Waals surface area contributed by atoms with Crippen LogP contribution in [0, 0.1) is 0 Å². The average molecular weight is 305 g/mol. The molecule has 0 aliphatic heterocycles. The molecule has 0 aliphatic carbocycles. The summed E-state index contributed by atoms with van der Waals surface area (Å²) in [5, 5.41) is 2.73. The average Bonchev–Trinajstić information content (AvgIpc) is 2.50. The third-order valence-corrected chi connectivity index (χ3v) is 5.98. The van der Waals surface area contributed by atoms with Gasteiger partial charge in [-0.05, 0) is 23.3 Å². The molecular formula is C18H24S2. The quantitative estimate of drug-likeness (QED) is 0.363. The van der Waals surface area contributed by atoms with Crippen LogP contribution in [0.1, 0.15) is 45.4 Å². The summed E-state index contributed by atoms with van der Waals surface area (Å²) in [6.45, 7) is 2.27. The van der Waals surface area contributed by atoms with Gasteiger partial charge >= 0.3 is 0 Å². The van der Waals surface area contributed by atoms with Crippen molar-refractivity contribution in [3.63, 3.8) is 0 Å². The second-order valence-electron chi connectivity index (χ2n) is 5.15. The SMILES string of the molecule is CCCCCCCCSSc1cccc2ccccc12. The van der Waals surface area contributed by atoms with Crippen LogP contribution >= 0.6 is 21.6 Å². The third-order valence-electron chi connectivity index (χ3n) is 3.48. The fourth-order valence-corrected chi connectivity index (χ4v) is 4.68. The van der Waals surface area contributed by atoms with Crippen molar-refractivity contribution in [1.29, 1.82) is 0 Å². The van der Waals surface area contributed by atoms with Gasteiger partial charge in [-0.2, -0.15) is 0 Å². The zero-order chi connectivity index (χ0) is 14.0. The second-order valence-corrected chi connectivity index (χ2v) is 7.61. The van der Waals surface area contributed by atoms with E-state index in [1.165, 1.54) is 59.9 Å². The fraction of sp³-hybridized carbons (Fsp3) is 0.444. The van der Waals surface area contributed by atoms with Gasteiger partial charge < -0.3 is 0 Å². The van der Waals surface area contributed by atoms with Gasteiger partial charge in [0.05, 0.1) is 0 Å². The summed E-state index contributed by atoms with van der Waals surface area (Å²) in [6.07, 6.45) is 8.31. The van der Waals surface area contributed by atoms with Crippen molar-refractivity contribution < 1.29 is 0 Å². The fourth-order valence-electron chi connectivity index (χ4n) is 2.31. The van der Waals surface area contributed by atoms with E-state index in [4.69, 9.17) is 0 Å². The summed E-state index contributed by atoms with van der Waals surface area (Å²) >= 11 is 0. The molecule has 2 heteroatoms. The van der Waals surface area contributed by atoms with Gasteiger partial charge in [-0.25, -0.2) is 0 Å². The standard InChI is InChI=1S/C18H24S2/c1-2-3-4-5-6-9-15-19-20-18-14-10-12-16-11-7-8-13-17(16)18/h7-8,10-14H,2-6,9,15H2,1H3. The van der Waals surface area contributed by atoms with Crippen LogP contribution < -0.4 is 0 Å². The van der Waals surface area contributed by atoms with Crippen molar-refractivity contribution in [3.05, 3.63) is 42.5 Å². The van der Waals surface area contributed by atoms with E-state index in [2.05, 4.69) is 49.4 Å². The molecule has 108 valence electrons. The van der Waals surface area contributed by atoms with Crippen LogP contribution in [0.4, 0.5) is 0 Å². The molecule has 0 radical (unpaired) electrons. The van der Waals surface area contributed by atoms with E-state index in [1.807, 2.05) is 21.6 Å². The first-order chi connectivity index (χ1) is 9.92. The van der Waals surface area contributed by atoms with E-state index >= 15 is 0 Å². The van der Waals surface area contributed by atoms with Crippen molar-refractivity contribution in [3.8, 4) is 0 Å². The summed E-state index contributed by atoms with van der Waals surface area (Å²) in [4.78, 5) is 1.40. The molecule has 0 atom stereocenters. The molecule has 20 heavy (non-hydrogen) atoms. The number of hydrogen-bond acceptors (Lipinski definition) is 2. The maximum atomic E-state index is 2.27. The highest BCUT2D eigenvalue weighted by Crippen LogP contribution is 2.36.